The van der Waals surface area contributed by atoms with Crippen molar-refractivity contribution in [3.63, 3.8) is 0 Å². The molecule has 0 saturated carbocycles. The summed E-state index contributed by atoms with van der Waals surface area (Å²) in [6.45, 7) is 6.24. The molecule has 1 heterocycles. The van der Waals surface area contributed by atoms with Crippen molar-refractivity contribution in [2.24, 2.45) is 0 Å². The molecule has 1 N–H and O–H groups in total. The second-order valence-electron chi connectivity index (χ2n) is 4.12. The second-order valence-corrected chi connectivity index (χ2v) is 4.12. The van der Waals surface area contributed by atoms with E-state index in [9.17, 15) is 0 Å². The van der Waals surface area contributed by atoms with Gasteiger partial charge in [0.1, 0.15) is 0 Å². The Morgan fingerprint density at radius 3 is 2.71 bits per heavy atom. The molecule has 0 spiro atoms. The van der Waals surface area contributed by atoms with Gasteiger partial charge in [-0.05, 0) is 5.56 Å². The molecule has 17 heavy (non-hydrogen) atoms. The summed E-state index contributed by atoms with van der Waals surface area (Å²) in [5, 5.41) is 0. The van der Waals surface area contributed by atoms with Gasteiger partial charge in [0.2, 0.25) is 0 Å². The Labute approximate surface area is 102 Å². The van der Waals surface area contributed by atoms with Crippen molar-refractivity contribution in [2.45, 2.75) is 6.61 Å². The first-order chi connectivity index (χ1) is 8.45. The van der Waals surface area contributed by atoms with Crippen LogP contribution in [-0.4, -0.2) is 44.3 Å². The molecular weight excluding hydrogens is 216 g/mol. The molecule has 0 bridgehead atoms. The van der Waals surface area contributed by atoms with Crippen LogP contribution in [0.4, 0.5) is 0 Å². The third-order valence-corrected chi connectivity index (χ3v) is 2.82. The van der Waals surface area contributed by atoms with E-state index in [0.29, 0.717) is 6.61 Å². The number of hydroxylamine groups is 1. The monoisotopic (exact) mass is 236 g/mol. The number of morpholine rings is 1. The fourth-order valence-corrected chi connectivity index (χ4v) is 1.81. The fraction of sp³-hybridized carbons (Fsp3) is 0.538. The third-order valence-electron chi connectivity index (χ3n) is 2.82. The van der Waals surface area contributed by atoms with Crippen molar-refractivity contribution in [3.8, 4) is 0 Å². The van der Waals surface area contributed by atoms with E-state index in [4.69, 9.17) is 9.57 Å². The molecule has 4 nitrogen and oxygen atoms in total. The van der Waals surface area contributed by atoms with Crippen LogP contribution >= 0.6 is 0 Å². The van der Waals surface area contributed by atoms with Gasteiger partial charge in [-0.1, -0.05) is 30.3 Å². The van der Waals surface area contributed by atoms with Crippen LogP contribution in [0.1, 0.15) is 5.56 Å². The lowest BCUT2D eigenvalue weighted by atomic mass is 10.2. The highest BCUT2D eigenvalue weighted by molar-refractivity contribution is 5.13. The number of hydrogen-bond acceptors (Lipinski definition) is 4. The molecule has 2 rings (SSSR count). The number of nitrogens with zero attached hydrogens (tertiary/aromatic N) is 1. The van der Waals surface area contributed by atoms with E-state index in [0.717, 1.165) is 39.4 Å². The Balaban J connectivity index is 1.51. The van der Waals surface area contributed by atoms with Crippen LogP contribution in [0.15, 0.2) is 30.3 Å². The van der Waals surface area contributed by atoms with Crippen LogP contribution < -0.4 is 5.48 Å². The Kier molecular flexibility index (Phi) is 5.45. The SMILES string of the molecule is c1ccc(CONCCN2CCOCC2)cc1. The summed E-state index contributed by atoms with van der Waals surface area (Å²) >= 11 is 0. The Bertz CT molecular complexity index is 300. The van der Waals surface area contributed by atoms with Gasteiger partial charge < -0.3 is 4.74 Å². The van der Waals surface area contributed by atoms with Gasteiger partial charge in [-0.2, -0.15) is 0 Å². The molecular formula is C13H20N2O2. The Hall–Kier alpha value is -0.940. The molecule has 1 fully saturated rings. The maximum absolute atomic E-state index is 5.40. The quantitative estimate of drug-likeness (QED) is 0.591. The minimum absolute atomic E-state index is 0.615. The summed E-state index contributed by atoms with van der Waals surface area (Å²) in [6, 6.07) is 10.2. The number of benzene rings is 1. The molecule has 0 aliphatic carbocycles. The Morgan fingerprint density at radius 2 is 1.94 bits per heavy atom. The largest absolute Gasteiger partial charge is 0.379 e. The van der Waals surface area contributed by atoms with E-state index in [2.05, 4.69) is 22.5 Å². The fourth-order valence-electron chi connectivity index (χ4n) is 1.81. The normalized spacial score (nSPS) is 17.2. The van der Waals surface area contributed by atoms with Gasteiger partial charge in [0.25, 0.3) is 0 Å². The molecule has 94 valence electrons. The molecule has 0 aromatic heterocycles. The second kappa shape index (κ2) is 7.40. The van der Waals surface area contributed by atoms with E-state index in [1.165, 1.54) is 5.56 Å². The third kappa shape index (κ3) is 4.83. The number of nitrogens with one attached hydrogen (secondary N) is 1. The predicted molar refractivity (Wildman–Crippen MR) is 66.5 cm³/mol. The smallest absolute Gasteiger partial charge is 0.0933 e. The van der Waals surface area contributed by atoms with Crippen LogP contribution in [0.5, 0.6) is 0 Å². The summed E-state index contributed by atoms with van der Waals surface area (Å²) < 4.78 is 5.29. The molecule has 1 aliphatic heterocycles. The van der Waals surface area contributed by atoms with Gasteiger partial charge in [-0.25, -0.2) is 5.48 Å². The van der Waals surface area contributed by atoms with Gasteiger partial charge in [0.05, 0.1) is 19.8 Å². The van der Waals surface area contributed by atoms with Crippen molar-refractivity contribution in [3.05, 3.63) is 35.9 Å². The van der Waals surface area contributed by atoms with Crippen LogP contribution in [0.25, 0.3) is 0 Å². The molecule has 4 heteroatoms. The summed E-state index contributed by atoms with van der Waals surface area (Å²) in [7, 11) is 0. The zero-order valence-corrected chi connectivity index (χ0v) is 10.1. The summed E-state index contributed by atoms with van der Waals surface area (Å²) in [5.41, 5.74) is 4.19. The predicted octanol–water partition coefficient (Wildman–Crippen LogP) is 1.04. The summed E-state index contributed by atoms with van der Waals surface area (Å²) in [5.74, 6) is 0. The van der Waals surface area contributed by atoms with Crippen LogP contribution in [0.3, 0.4) is 0 Å². The van der Waals surface area contributed by atoms with Crippen molar-refractivity contribution in [1.82, 2.24) is 10.4 Å². The van der Waals surface area contributed by atoms with E-state index in [1.807, 2.05) is 18.2 Å². The molecule has 0 amide bonds. The van der Waals surface area contributed by atoms with Gasteiger partial charge in [0, 0.05) is 26.2 Å². The average molecular weight is 236 g/mol. The molecule has 0 radical (unpaired) electrons. The first kappa shape index (κ1) is 12.5. The highest BCUT2D eigenvalue weighted by Crippen LogP contribution is 1.99. The zero-order valence-electron chi connectivity index (χ0n) is 10.1. The summed E-state index contributed by atoms with van der Waals surface area (Å²) in [6.07, 6.45) is 0. The van der Waals surface area contributed by atoms with Crippen LogP contribution in [-0.2, 0) is 16.2 Å². The van der Waals surface area contributed by atoms with E-state index >= 15 is 0 Å². The van der Waals surface area contributed by atoms with Gasteiger partial charge in [0.15, 0.2) is 0 Å². The molecule has 1 saturated heterocycles. The maximum Gasteiger partial charge on any atom is 0.0933 e. The number of ether oxygens (including phenoxy) is 1. The van der Waals surface area contributed by atoms with Crippen LogP contribution in [0.2, 0.25) is 0 Å². The highest BCUT2D eigenvalue weighted by Gasteiger charge is 2.08. The van der Waals surface area contributed by atoms with Crippen LogP contribution in [0, 0.1) is 0 Å². The standard InChI is InChI=1S/C13H20N2O2/c1-2-4-13(5-3-1)12-17-14-6-7-15-8-10-16-11-9-15/h1-5,14H,6-12H2. The minimum Gasteiger partial charge on any atom is -0.379 e. The Morgan fingerprint density at radius 1 is 1.18 bits per heavy atom. The first-order valence-electron chi connectivity index (χ1n) is 6.14. The van der Waals surface area contributed by atoms with Gasteiger partial charge in [-0.15, -0.1) is 0 Å². The lowest BCUT2D eigenvalue weighted by Crippen LogP contribution is -2.40. The molecule has 1 aliphatic rings. The number of hydrogen-bond donors (Lipinski definition) is 1. The van der Waals surface area contributed by atoms with E-state index in [-0.39, 0.29) is 0 Å². The van der Waals surface area contributed by atoms with E-state index < -0.39 is 0 Å². The molecule has 1 aromatic rings. The first-order valence-corrected chi connectivity index (χ1v) is 6.14. The van der Waals surface area contributed by atoms with Crippen molar-refractivity contribution in [1.29, 1.82) is 0 Å². The molecule has 1 aromatic carbocycles. The zero-order chi connectivity index (χ0) is 11.8. The lowest BCUT2D eigenvalue weighted by Gasteiger charge is -2.26. The topological polar surface area (TPSA) is 33.7 Å². The summed E-state index contributed by atoms with van der Waals surface area (Å²) in [4.78, 5) is 7.78. The minimum atomic E-state index is 0.615. The van der Waals surface area contributed by atoms with E-state index in [1.54, 1.807) is 0 Å². The van der Waals surface area contributed by atoms with Crippen molar-refractivity contribution < 1.29 is 9.57 Å². The van der Waals surface area contributed by atoms with Gasteiger partial charge >= 0.3 is 0 Å². The van der Waals surface area contributed by atoms with Crippen molar-refractivity contribution >= 4 is 0 Å². The lowest BCUT2D eigenvalue weighted by molar-refractivity contribution is 0.00624. The number of rotatable bonds is 6. The van der Waals surface area contributed by atoms with Crippen molar-refractivity contribution in [2.75, 3.05) is 39.4 Å². The molecule has 0 atom stereocenters. The van der Waals surface area contributed by atoms with Gasteiger partial charge in [-0.3, -0.25) is 9.74 Å². The maximum atomic E-state index is 5.40. The highest BCUT2D eigenvalue weighted by atomic mass is 16.6. The molecule has 0 unspecified atom stereocenters. The average Bonchev–Trinajstić information content (AvgIpc) is 2.41.